The van der Waals surface area contributed by atoms with Crippen molar-refractivity contribution < 1.29 is 4.74 Å². The van der Waals surface area contributed by atoms with E-state index in [1.165, 1.54) is 55.2 Å². The fourth-order valence-corrected chi connectivity index (χ4v) is 4.74. The van der Waals surface area contributed by atoms with Gasteiger partial charge in [0.25, 0.3) is 0 Å². The molecule has 0 amide bonds. The highest BCUT2D eigenvalue weighted by Gasteiger charge is 2.27. The lowest BCUT2D eigenvalue weighted by molar-refractivity contribution is 0.462. The maximum absolute atomic E-state index is 6.20. The molecule has 2 saturated carbocycles. The molecular formula is C21H23N3OS. The number of rotatable bonds is 5. The lowest BCUT2D eigenvalue weighted by Crippen LogP contribution is -2.21. The van der Waals surface area contributed by atoms with Crippen LogP contribution in [-0.2, 0) is 0 Å². The molecule has 134 valence electrons. The number of hydrogen-bond donors (Lipinski definition) is 1. The summed E-state index contributed by atoms with van der Waals surface area (Å²) in [7, 11) is 0. The lowest BCUT2D eigenvalue weighted by Gasteiger charge is -2.22. The number of nitrogens with one attached hydrogen (secondary N) is 1. The van der Waals surface area contributed by atoms with Gasteiger partial charge in [-0.25, -0.2) is 4.98 Å². The Morgan fingerprint density at radius 1 is 1.04 bits per heavy atom. The zero-order chi connectivity index (χ0) is 17.3. The van der Waals surface area contributed by atoms with E-state index in [-0.39, 0.29) is 0 Å². The topological polar surface area (TPSA) is 47.0 Å². The molecule has 0 spiro atoms. The number of fused-ring (bicyclic) bond motifs is 1. The Morgan fingerprint density at radius 2 is 1.92 bits per heavy atom. The molecule has 2 heterocycles. The predicted octanol–water partition coefficient (Wildman–Crippen LogP) is 6.11. The highest BCUT2D eigenvalue weighted by Crippen LogP contribution is 2.45. The van der Waals surface area contributed by atoms with Crippen molar-refractivity contribution in [1.29, 1.82) is 0 Å². The number of thiazole rings is 1. The van der Waals surface area contributed by atoms with Crippen molar-refractivity contribution >= 4 is 26.7 Å². The molecule has 2 fully saturated rings. The van der Waals surface area contributed by atoms with E-state index >= 15 is 0 Å². The molecule has 2 aliphatic rings. The first-order valence-electron chi connectivity index (χ1n) is 9.64. The van der Waals surface area contributed by atoms with E-state index in [9.17, 15) is 0 Å². The van der Waals surface area contributed by atoms with Gasteiger partial charge in [0.15, 0.2) is 5.13 Å². The van der Waals surface area contributed by atoms with Crippen LogP contribution in [0.4, 0.5) is 5.13 Å². The van der Waals surface area contributed by atoms with E-state index in [1.807, 2.05) is 18.3 Å². The summed E-state index contributed by atoms with van der Waals surface area (Å²) in [6, 6.07) is 8.74. The largest absolute Gasteiger partial charge is 0.457 e. The highest BCUT2D eigenvalue weighted by molar-refractivity contribution is 7.22. The Balaban J connectivity index is 1.36. The number of ether oxygens (including phenoxy) is 1. The third kappa shape index (κ3) is 3.40. The number of benzene rings is 1. The fourth-order valence-electron chi connectivity index (χ4n) is 3.77. The number of nitrogens with zero attached hydrogens (tertiary/aromatic N) is 2. The van der Waals surface area contributed by atoms with Crippen LogP contribution in [0.1, 0.15) is 56.4 Å². The first-order chi connectivity index (χ1) is 12.8. The van der Waals surface area contributed by atoms with E-state index in [2.05, 4.69) is 22.4 Å². The van der Waals surface area contributed by atoms with Crippen molar-refractivity contribution in [3.05, 3.63) is 42.2 Å². The maximum Gasteiger partial charge on any atom is 0.184 e. The van der Waals surface area contributed by atoms with Gasteiger partial charge in [-0.15, -0.1) is 0 Å². The molecular weight excluding hydrogens is 342 g/mol. The van der Waals surface area contributed by atoms with E-state index in [0.29, 0.717) is 12.0 Å². The zero-order valence-corrected chi connectivity index (χ0v) is 15.6. The van der Waals surface area contributed by atoms with Crippen LogP contribution in [0.3, 0.4) is 0 Å². The molecule has 0 radical (unpaired) electrons. The van der Waals surface area contributed by atoms with Gasteiger partial charge in [-0.2, -0.15) is 0 Å². The summed E-state index contributed by atoms with van der Waals surface area (Å²) < 4.78 is 7.37. The molecule has 4 nitrogen and oxygen atoms in total. The van der Waals surface area contributed by atoms with E-state index in [1.54, 1.807) is 17.5 Å². The second-order valence-electron chi connectivity index (χ2n) is 7.42. The van der Waals surface area contributed by atoms with Gasteiger partial charge < -0.3 is 10.1 Å². The second-order valence-corrected chi connectivity index (χ2v) is 8.45. The van der Waals surface area contributed by atoms with E-state index in [0.717, 1.165) is 22.1 Å². The minimum absolute atomic E-state index is 0.581. The Morgan fingerprint density at radius 3 is 2.77 bits per heavy atom. The summed E-state index contributed by atoms with van der Waals surface area (Å²) in [4.78, 5) is 9.01. The van der Waals surface area contributed by atoms with Gasteiger partial charge in [0.2, 0.25) is 0 Å². The quantitative estimate of drug-likeness (QED) is 0.593. The molecule has 2 aliphatic carbocycles. The van der Waals surface area contributed by atoms with Gasteiger partial charge in [0.05, 0.1) is 10.2 Å². The zero-order valence-electron chi connectivity index (χ0n) is 14.8. The Labute approximate surface area is 157 Å². The summed E-state index contributed by atoms with van der Waals surface area (Å²) in [6.45, 7) is 0. The van der Waals surface area contributed by atoms with Crippen molar-refractivity contribution in [2.45, 2.75) is 56.9 Å². The van der Waals surface area contributed by atoms with Crippen LogP contribution in [0.5, 0.6) is 11.5 Å². The van der Waals surface area contributed by atoms with Crippen molar-refractivity contribution in [3.8, 4) is 11.5 Å². The van der Waals surface area contributed by atoms with Gasteiger partial charge in [0.1, 0.15) is 11.5 Å². The van der Waals surface area contributed by atoms with Gasteiger partial charge in [-0.1, -0.05) is 30.6 Å². The maximum atomic E-state index is 6.20. The van der Waals surface area contributed by atoms with Gasteiger partial charge >= 0.3 is 0 Å². The van der Waals surface area contributed by atoms with Crippen LogP contribution >= 0.6 is 11.3 Å². The van der Waals surface area contributed by atoms with Crippen molar-refractivity contribution in [3.63, 3.8) is 0 Å². The standard InChI is InChI=1S/C21H23N3OS/c1-2-4-15(5-3-1)23-21-24-18-9-8-16(12-20(18)26-21)25-19-10-11-22-13-17(19)14-6-7-14/h8-15H,1-7H2,(H,23,24). The molecule has 5 heteroatoms. The van der Waals surface area contributed by atoms with Crippen molar-refractivity contribution in [2.24, 2.45) is 0 Å². The van der Waals surface area contributed by atoms with Crippen LogP contribution in [0, 0.1) is 0 Å². The number of aromatic nitrogens is 2. The molecule has 0 saturated heterocycles. The first-order valence-corrected chi connectivity index (χ1v) is 10.5. The lowest BCUT2D eigenvalue weighted by atomic mass is 9.96. The fraction of sp³-hybridized carbons (Fsp3) is 0.429. The van der Waals surface area contributed by atoms with Crippen LogP contribution in [0.15, 0.2) is 36.7 Å². The Hall–Kier alpha value is -2.14. The minimum atomic E-state index is 0.581. The molecule has 1 aromatic carbocycles. The summed E-state index contributed by atoms with van der Waals surface area (Å²) in [5.41, 5.74) is 2.27. The van der Waals surface area contributed by atoms with Gasteiger partial charge in [-0.05, 0) is 49.8 Å². The molecule has 0 unspecified atom stereocenters. The Kier molecular flexibility index (Phi) is 4.25. The first kappa shape index (κ1) is 16.1. The predicted molar refractivity (Wildman–Crippen MR) is 106 cm³/mol. The molecule has 2 aromatic heterocycles. The molecule has 0 bridgehead atoms. The average molecular weight is 366 g/mol. The second kappa shape index (κ2) is 6.88. The van der Waals surface area contributed by atoms with Crippen molar-refractivity contribution in [2.75, 3.05) is 5.32 Å². The minimum Gasteiger partial charge on any atom is -0.457 e. The molecule has 0 atom stereocenters. The SMILES string of the molecule is c1cc(Oc2ccc3nc(NC4CCCCC4)sc3c2)c(C2CC2)cn1. The number of anilines is 1. The highest BCUT2D eigenvalue weighted by atomic mass is 32.1. The number of hydrogen-bond acceptors (Lipinski definition) is 5. The summed E-state index contributed by atoms with van der Waals surface area (Å²) in [5, 5.41) is 4.66. The molecule has 0 aliphatic heterocycles. The van der Waals surface area contributed by atoms with Gasteiger partial charge in [0, 0.05) is 30.1 Å². The average Bonchev–Trinajstić information content (AvgIpc) is 3.43. The van der Waals surface area contributed by atoms with Crippen LogP contribution in [0.25, 0.3) is 10.2 Å². The monoisotopic (exact) mass is 365 g/mol. The third-order valence-corrected chi connectivity index (χ3v) is 6.30. The summed E-state index contributed by atoms with van der Waals surface area (Å²) in [5.74, 6) is 2.43. The number of pyridine rings is 1. The van der Waals surface area contributed by atoms with Crippen LogP contribution in [-0.4, -0.2) is 16.0 Å². The van der Waals surface area contributed by atoms with Crippen LogP contribution < -0.4 is 10.1 Å². The molecule has 26 heavy (non-hydrogen) atoms. The molecule has 1 N–H and O–H groups in total. The smallest absolute Gasteiger partial charge is 0.184 e. The molecule has 5 rings (SSSR count). The summed E-state index contributed by atoms with van der Waals surface area (Å²) >= 11 is 1.72. The van der Waals surface area contributed by atoms with Crippen molar-refractivity contribution in [1.82, 2.24) is 9.97 Å². The summed E-state index contributed by atoms with van der Waals surface area (Å²) in [6.07, 6.45) is 12.8. The normalized spacial score (nSPS) is 18.2. The third-order valence-electron chi connectivity index (χ3n) is 5.35. The van der Waals surface area contributed by atoms with E-state index < -0.39 is 0 Å². The molecule has 3 aromatic rings. The van der Waals surface area contributed by atoms with E-state index in [4.69, 9.17) is 9.72 Å². The van der Waals surface area contributed by atoms with Crippen LogP contribution in [0.2, 0.25) is 0 Å². The van der Waals surface area contributed by atoms with Gasteiger partial charge in [-0.3, -0.25) is 4.98 Å². The Bertz CT molecular complexity index is 913.